The van der Waals surface area contributed by atoms with Crippen LogP contribution in [0.25, 0.3) is 0 Å². The Labute approximate surface area is 131 Å². The first-order chi connectivity index (χ1) is 9.37. The maximum absolute atomic E-state index is 11.9. The Kier molecular flexibility index (Phi) is 6.55. The fourth-order valence-electron chi connectivity index (χ4n) is 1.75. The average Bonchev–Trinajstić information content (AvgIpc) is 2.38. The molecule has 4 nitrogen and oxygen atoms in total. The first-order valence-corrected chi connectivity index (χ1v) is 8.08. The van der Waals surface area contributed by atoms with Gasteiger partial charge < -0.3 is 10.4 Å². The number of carbonyl (C=O) groups is 2. The standard InChI is InChI=1S/C14H18BrNO3S/c1-3-8-14(2,13(18)19)16-12(17)9-20-11-6-4-10(15)5-7-11/h4-7H,3,8-9H2,1-2H3,(H,16,17)(H,18,19). The van der Waals surface area contributed by atoms with Crippen molar-refractivity contribution in [2.45, 2.75) is 37.1 Å². The molecule has 2 N–H and O–H groups in total. The van der Waals surface area contributed by atoms with Crippen molar-refractivity contribution in [3.8, 4) is 0 Å². The molecule has 1 unspecified atom stereocenters. The number of hydrogen-bond acceptors (Lipinski definition) is 3. The molecule has 0 spiro atoms. The highest BCUT2D eigenvalue weighted by Crippen LogP contribution is 2.21. The number of hydrogen-bond donors (Lipinski definition) is 2. The van der Waals surface area contributed by atoms with E-state index in [0.717, 1.165) is 9.37 Å². The van der Waals surface area contributed by atoms with Crippen LogP contribution in [-0.2, 0) is 9.59 Å². The number of halogens is 1. The maximum Gasteiger partial charge on any atom is 0.329 e. The van der Waals surface area contributed by atoms with Crippen LogP contribution in [0.3, 0.4) is 0 Å². The number of carboxylic acid groups (broad SMARTS) is 1. The van der Waals surface area contributed by atoms with E-state index in [4.69, 9.17) is 0 Å². The fraction of sp³-hybridized carbons (Fsp3) is 0.429. The lowest BCUT2D eigenvalue weighted by atomic mass is 9.96. The summed E-state index contributed by atoms with van der Waals surface area (Å²) in [6.45, 7) is 3.44. The first-order valence-electron chi connectivity index (χ1n) is 6.30. The van der Waals surface area contributed by atoms with Crippen LogP contribution in [0.15, 0.2) is 33.6 Å². The highest BCUT2D eigenvalue weighted by Gasteiger charge is 2.33. The molecule has 0 radical (unpaired) electrons. The highest BCUT2D eigenvalue weighted by atomic mass is 79.9. The lowest BCUT2D eigenvalue weighted by Gasteiger charge is -2.25. The van der Waals surface area contributed by atoms with Crippen molar-refractivity contribution in [3.63, 3.8) is 0 Å². The van der Waals surface area contributed by atoms with Gasteiger partial charge in [0, 0.05) is 9.37 Å². The van der Waals surface area contributed by atoms with E-state index < -0.39 is 11.5 Å². The Bertz CT molecular complexity index is 478. The van der Waals surface area contributed by atoms with Gasteiger partial charge in [-0.2, -0.15) is 0 Å². The van der Waals surface area contributed by atoms with E-state index in [1.165, 1.54) is 11.8 Å². The molecule has 1 atom stereocenters. The molecule has 0 heterocycles. The summed E-state index contributed by atoms with van der Waals surface area (Å²) in [5.74, 6) is -1.06. The third-order valence-electron chi connectivity index (χ3n) is 2.82. The molecule has 0 bridgehead atoms. The van der Waals surface area contributed by atoms with Crippen molar-refractivity contribution < 1.29 is 14.7 Å². The second kappa shape index (κ2) is 7.69. The van der Waals surface area contributed by atoms with Crippen molar-refractivity contribution in [1.82, 2.24) is 5.32 Å². The second-order valence-corrected chi connectivity index (χ2v) is 6.64. The minimum atomic E-state index is -1.19. The predicted molar refractivity (Wildman–Crippen MR) is 84.0 cm³/mol. The summed E-state index contributed by atoms with van der Waals surface area (Å²) < 4.78 is 0.979. The largest absolute Gasteiger partial charge is 0.480 e. The molecular formula is C14H18BrNO3S. The van der Waals surface area contributed by atoms with Crippen LogP contribution in [0.5, 0.6) is 0 Å². The van der Waals surface area contributed by atoms with Gasteiger partial charge in [-0.3, -0.25) is 4.79 Å². The van der Waals surface area contributed by atoms with E-state index in [2.05, 4.69) is 21.2 Å². The third kappa shape index (κ3) is 5.17. The molecule has 1 aromatic rings. The Morgan fingerprint density at radius 2 is 1.95 bits per heavy atom. The third-order valence-corrected chi connectivity index (χ3v) is 4.36. The number of aliphatic carboxylic acids is 1. The van der Waals surface area contributed by atoms with Gasteiger partial charge in [-0.25, -0.2) is 4.79 Å². The number of benzene rings is 1. The zero-order valence-electron chi connectivity index (χ0n) is 11.5. The summed E-state index contributed by atoms with van der Waals surface area (Å²) in [6.07, 6.45) is 1.11. The van der Waals surface area contributed by atoms with E-state index >= 15 is 0 Å². The van der Waals surface area contributed by atoms with Gasteiger partial charge in [-0.15, -0.1) is 11.8 Å². The highest BCUT2D eigenvalue weighted by molar-refractivity contribution is 9.10. The molecule has 1 amide bonds. The van der Waals surface area contributed by atoms with E-state index in [1.54, 1.807) is 6.92 Å². The van der Waals surface area contributed by atoms with Crippen LogP contribution in [0, 0.1) is 0 Å². The van der Waals surface area contributed by atoms with Crippen LogP contribution >= 0.6 is 27.7 Å². The van der Waals surface area contributed by atoms with Gasteiger partial charge in [-0.05, 0) is 37.6 Å². The molecule has 110 valence electrons. The Hall–Kier alpha value is -1.01. The van der Waals surface area contributed by atoms with E-state index in [1.807, 2.05) is 31.2 Å². The molecule has 0 aliphatic carbocycles. The first kappa shape index (κ1) is 17.0. The van der Waals surface area contributed by atoms with Crippen molar-refractivity contribution in [2.75, 3.05) is 5.75 Å². The topological polar surface area (TPSA) is 66.4 Å². The number of amides is 1. The van der Waals surface area contributed by atoms with Crippen molar-refractivity contribution in [1.29, 1.82) is 0 Å². The van der Waals surface area contributed by atoms with Gasteiger partial charge in [0.05, 0.1) is 5.75 Å². The molecule has 0 fully saturated rings. The lowest BCUT2D eigenvalue weighted by molar-refractivity contribution is -0.146. The normalized spacial score (nSPS) is 13.6. The number of rotatable bonds is 7. The molecule has 1 aromatic carbocycles. The van der Waals surface area contributed by atoms with Gasteiger partial charge in [-0.1, -0.05) is 29.3 Å². The molecule has 0 aliphatic rings. The van der Waals surface area contributed by atoms with Crippen LogP contribution in [-0.4, -0.2) is 28.3 Å². The Morgan fingerprint density at radius 1 is 1.35 bits per heavy atom. The van der Waals surface area contributed by atoms with Crippen molar-refractivity contribution in [3.05, 3.63) is 28.7 Å². The maximum atomic E-state index is 11.9. The van der Waals surface area contributed by atoms with Crippen LogP contribution in [0.2, 0.25) is 0 Å². The number of carbonyl (C=O) groups excluding carboxylic acids is 1. The van der Waals surface area contributed by atoms with Gasteiger partial charge in [0.15, 0.2) is 0 Å². The number of nitrogens with one attached hydrogen (secondary N) is 1. The average molecular weight is 360 g/mol. The summed E-state index contributed by atoms with van der Waals surface area (Å²) in [5.41, 5.74) is -1.19. The minimum absolute atomic E-state index is 0.203. The van der Waals surface area contributed by atoms with Gasteiger partial charge in [0.2, 0.25) is 5.91 Å². The summed E-state index contributed by atoms with van der Waals surface area (Å²) in [5, 5.41) is 11.8. The molecule has 20 heavy (non-hydrogen) atoms. The van der Waals surface area contributed by atoms with Crippen LogP contribution < -0.4 is 5.32 Å². The Balaban J connectivity index is 2.54. The molecule has 0 saturated carbocycles. The van der Waals surface area contributed by atoms with Gasteiger partial charge in [0.25, 0.3) is 0 Å². The lowest BCUT2D eigenvalue weighted by Crippen LogP contribution is -2.52. The molecule has 6 heteroatoms. The minimum Gasteiger partial charge on any atom is -0.480 e. The van der Waals surface area contributed by atoms with Gasteiger partial charge in [0.1, 0.15) is 5.54 Å². The molecule has 1 rings (SSSR count). The SMILES string of the molecule is CCCC(C)(NC(=O)CSc1ccc(Br)cc1)C(=O)O. The molecule has 0 aromatic heterocycles. The van der Waals surface area contributed by atoms with Crippen LogP contribution in [0.1, 0.15) is 26.7 Å². The fourth-order valence-corrected chi connectivity index (χ4v) is 2.71. The summed E-state index contributed by atoms with van der Waals surface area (Å²) >= 11 is 4.73. The van der Waals surface area contributed by atoms with E-state index in [0.29, 0.717) is 12.8 Å². The zero-order valence-corrected chi connectivity index (χ0v) is 13.9. The second-order valence-electron chi connectivity index (χ2n) is 4.68. The predicted octanol–water partition coefficient (Wildman–Crippen LogP) is 3.30. The smallest absolute Gasteiger partial charge is 0.329 e. The molecular weight excluding hydrogens is 342 g/mol. The number of thioether (sulfide) groups is 1. The Morgan fingerprint density at radius 3 is 2.45 bits per heavy atom. The van der Waals surface area contributed by atoms with E-state index in [9.17, 15) is 14.7 Å². The van der Waals surface area contributed by atoms with Crippen LogP contribution in [0.4, 0.5) is 0 Å². The summed E-state index contributed by atoms with van der Waals surface area (Å²) in [6, 6.07) is 7.62. The molecule has 0 saturated heterocycles. The quantitative estimate of drug-likeness (QED) is 0.733. The van der Waals surface area contributed by atoms with Crippen molar-refractivity contribution >= 4 is 39.6 Å². The number of carboxylic acids is 1. The van der Waals surface area contributed by atoms with E-state index in [-0.39, 0.29) is 11.7 Å². The van der Waals surface area contributed by atoms with Crippen molar-refractivity contribution in [2.24, 2.45) is 0 Å². The molecule has 0 aliphatic heterocycles. The monoisotopic (exact) mass is 359 g/mol. The summed E-state index contributed by atoms with van der Waals surface area (Å²) in [7, 11) is 0. The van der Waals surface area contributed by atoms with Gasteiger partial charge >= 0.3 is 5.97 Å². The summed E-state index contributed by atoms with van der Waals surface area (Å²) in [4.78, 5) is 24.1. The zero-order chi connectivity index (χ0) is 15.2.